The summed E-state index contributed by atoms with van der Waals surface area (Å²) < 4.78 is 0. The first-order valence-electron chi connectivity index (χ1n) is 4.58. The number of carbonyl (C=O) groups excluding carboxylic acids is 2. The SMILES string of the molecule is CN1C=Nc2ccc(C=O)cc2CC1=O. The lowest BCUT2D eigenvalue weighted by atomic mass is 10.1. The molecule has 76 valence electrons. The largest absolute Gasteiger partial charge is 0.306 e. The van der Waals surface area contributed by atoms with Gasteiger partial charge in [-0.3, -0.25) is 9.59 Å². The molecule has 1 aliphatic rings. The highest BCUT2D eigenvalue weighted by atomic mass is 16.2. The van der Waals surface area contributed by atoms with Crippen molar-refractivity contribution in [1.82, 2.24) is 4.90 Å². The molecular formula is C11H10N2O2. The highest BCUT2D eigenvalue weighted by Gasteiger charge is 2.14. The molecule has 4 heteroatoms. The van der Waals surface area contributed by atoms with Gasteiger partial charge >= 0.3 is 0 Å². The van der Waals surface area contributed by atoms with Gasteiger partial charge in [-0.2, -0.15) is 0 Å². The molecule has 0 N–H and O–H groups in total. The Labute approximate surface area is 87.2 Å². The number of amides is 1. The van der Waals surface area contributed by atoms with E-state index in [4.69, 9.17) is 0 Å². The van der Waals surface area contributed by atoms with E-state index in [1.165, 1.54) is 11.2 Å². The number of rotatable bonds is 1. The predicted octanol–water partition coefficient (Wildman–Crippen LogP) is 1.17. The normalized spacial score (nSPS) is 14.7. The molecule has 0 unspecified atom stereocenters. The Kier molecular flexibility index (Phi) is 2.33. The van der Waals surface area contributed by atoms with Crippen molar-refractivity contribution in [2.75, 3.05) is 7.05 Å². The molecule has 2 rings (SSSR count). The number of fused-ring (bicyclic) bond motifs is 1. The van der Waals surface area contributed by atoms with Crippen LogP contribution < -0.4 is 0 Å². The molecule has 1 aromatic rings. The minimum absolute atomic E-state index is 0.0273. The third-order valence-electron chi connectivity index (χ3n) is 2.34. The highest BCUT2D eigenvalue weighted by Crippen LogP contribution is 2.22. The second kappa shape index (κ2) is 3.65. The standard InChI is InChI=1S/C11H10N2O2/c1-13-7-12-10-3-2-8(6-14)4-9(10)5-11(13)15/h2-4,6-7H,5H2,1H3. The summed E-state index contributed by atoms with van der Waals surface area (Å²) in [6.07, 6.45) is 2.55. The van der Waals surface area contributed by atoms with Crippen molar-refractivity contribution in [1.29, 1.82) is 0 Å². The number of aliphatic imine (C=N–C) groups is 1. The second-order valence-corrected chi connectivity index (χ2v) is 3.43. The zero-order chi connectivity index (χ0) is 10.8. The van der Waals surface area contributed by atoms with E-state index < -0.39 is 0 Å². The van der Waals surface area contributed by atoms with Crippen molar-refractivity contribution in [2.45, 2.75) is 6.42 Å². The second-order valence-electron chi connectivity index (χ2n) is 3.43. The van der Waals surface area contributed by atoms with Gasteiger partial charge in [-0.05, 0) is 23.8 Å². The fourth-order valence-electron chi connectivity index (χ4n) is 1.45. The highest BCUT2D eigenvalue weighted by molar-refractivity contribution is 5.92. The third-order valence-corrected chi connectivity index (χ3v) is 2.34. The number of aldehydes is 1. The van der Waals surface area contributed by atoms with Crippen LogP contribution in [0.2, 0.25) is 0 Å². The first-order valence-corrected chi connectivity index (χ1v) is 4.58. The van der Waals surface area contributed by atoms with Gasteiger partial charge in [-0.1, -0.05) is 0 Å². The molecule has 15 heavy (non-hydrogen) atoms. The average molecular weight is 202 g/mol. The van der Waals surface area contributed by atoms with Crippen LogP contribution in [-0.4, -0.2) is 30.5 Å². The van der Waals surface area contributed by atoms with Gasteiger partial charge in [-0.15, -0.1) is 0 Å². The van der Waals surface area contributed by atoms with Crippen LogP contribution in [0.5, 0.6) is 0 Å². The Balaban J connectivity index is 2.47. The Bertz CT molecular complexity index is 452. The summed E-state index contributed by atoms with van der Waals surface area (Å²) in [6.45, 7) is 0. The molecule has 4 nitrogen and oxygen atoms in total. The summed E-state index contributed by atoms with van der Waals surface area (Å²) in [6, 6.07) is 5.15. The van der Waals surface area contributed by atoms with Gasteiger partial charge < -0.3 is 4.90 Å². The van der Waals surface area contributed by atoms with Crippen LogP contribution >= 0.6 is 0 Å². The molecule has 0 saturated heterocycles. The maximum atomic E-state index is 11.5. The predicted molar refractivity (Wildman–Crippen MR) is 56.5 cm³/mol. The summed E-state index contributed by atoms with van der Waals surface area (Å²) in [4.78, 5) is 27.7. The monoisotopic (exact) mass is 202 g/mol. The molecule has 0 bridgehead atoms. The molecule has 0 atom stereocenters. The zero-order valence-corrected chi connectivity index (χ0v) is 8.30. The van der Waals surface area contributed by atoms with Crippen molar-refractivity contribution < 1.29 is 9.59 Å². The number of hydrogen-bond donors (Lipinski definition) is 0. The van der Waals surface area contributed by atoms with Crippen LogP contribution in [0.25, 0.3) is 0 Å². The molecule has 1 amide bonds. The zero-order valence-electron chi connectivity index (χ0n) is 8.30. The van der Waals surface area contributed by atoms with E-state index in [2.05, 4.69) is 4.99 Å². The summed E-state index contributed by atoms with van der Waals surface area (Å²) in [5.74, 6) is -0.0273. The third kappa shape index (κ3) is 1.79. The molecule has 0 aromatic heterocycles. The molecule has 1 aromatic carbocycles. The Hall–Kier alpha value is -1.97. The van der Waals surface area contributed by atoms with Crippen LogP contribution in [0.3, 0.4) is 0 Å². The van der Waals surface area contributed by atoms with Gasteiger partial charge in [0.25, 0.3) is 0 Å². The minimum atomic E-state index is -0.0273. The van der Waals surface area contributed by atoms with Crippen LogP contribution in [0.4, 0.5) is 5.69 Å². The molecule has 1 aliphatic heterocycles. The molecule has 0 fully saturated rings. The Morgan fingerprint density at radius 3 is 3.00 bits per heavy atom. The summed E-state index contributed by atoms with van der Waals surface area (Å²) in [7, 11) is 1.67. The average Bonchev–Trinajstić information content (AvgIpc) is 2.39. The number of nitrogens with zero attached hydrogens (tertiary/aromatic N) is 2. The van der Waals surface area contributed by atoms with Gasteiger partial charge in [0.2, 0.25) is 5.91 Å². The van der Waals surface area contributed by atoms with Crippen molar-refractivity contribution in [2.24, 2.45) is 4.99 Å². The lowest BCUT2D eigenvalue weighted by Crippen LogP contribution is -2.25. The molecule has 0 saturated carbocycles. The van der Waals surface area contributed by atoms with Gasteiger partial charge in [0.1, 0.15) is 6.29 Å². The van der Waals surface area contributed by atoms with Crippen molar-refractivity contribution in [3.05, 3.63) is 29.3 Å². The molecule has 0 radical (unpaired) electrons. The Morgan fingerprint density at radius 1 is 1.47 bits per heavy atom. The fourth-order valence-corrected chi connectivity index (χ4v) is 1.45. The van der Waals surface area contributed by atoms with Crippen LogP contribution in [0.15, 0.2) is 23.2 Å². The van der Waals surface area contributed by atoms with Gasteiger partial charge in [0.05, 0.1) is 18.4 Å². The lowest BCUT2D eigenvalue weighted by molar-refractivity contribution is -0.125. The first-order chi connectivity index (χ1) is 7.20. The summed E-state index contributed by atoms with van der Waals surface area (Å²) in [5, 5.41) is 0. The van der Waals surface area contributed by atoms with E-state index in [1.54, 1.807) is 25.2 Å². The van der Waals surface area contributed by atoms with E-state index in [9.17, 15) is 9.59 Å². The summed E-state index contributed by atoms with van der Waals surface area (Å²) >= 11 is 0. The van der Waals surface area contributed by atoms with Crippen molar-refractivity contribution in [3.8, 4) is 0 Å². The topological polar surface area (TPSA) is 49.7 Å². The van der Waals surface area contributed by atoms with Gasteiger partial charge in [0, 0.05) is 12.6 Å². The number of hydrogen-bond acceptors (Lipinski definition) is 3. The van der Waals surface area contributed by atoms with Gasteiger partial charge in [-0.25, -0.2) is 4.99 Å². The fraction of sp³-hybridized carbons (Fsp3) is 0.182. The van der Waals surface area contributed by atoms with Crippen molar-refractivity contribution >= 4 is 24.2 Å². The molecule has 0 spiro atoms. The molecule has 1 heterocycles. The quantitative estimate of drug-likeness (QED) is 0.642. The first kappa shape index (κ1) is 9.58. The van der Waals surface area contributed by atoms with Crippen LogP contribution in [-0.2, 0) is 11.2 Å². The molecular weight excluding hydrogens is 192 g/mol. The van der Waals surface area contributed by atoms with Gasteiger partial charge in [0.15, 0.2) is 0 Å². The van der Waals surface area contributed by atoms with E-state index in [0.29, 0.717) is 5.56 Å². The Morgan fingerprint density at radius 2 is 2.27 bits per heavy atom. The lowest BCUT2D eigenvalue weighted by Gasteiger charge is -2.07. The van der Waals surface area contributed by atoms with E-state index in [0.717, 1.165) is 17.5 Å². The van der Waals surface area contributed by atoms with E-state index in [1.807, 2.05) is 0 Å². The van der Waals surface area contributed by atoms with Crippen molar-refractivity contribution in [3.63, 3.8) is 0 Å². The number of benzene rings is 1. The minimum Gasteiger partial charge on any atom is -0.306 e. The smallest absolute Gasteiger partial charge is 0.231 e. The van der Waals surface area contributed by atoms with E-state index >= 15 is 0 Å². The number of likely N-dealkylation sites (N-methyl/N-ethyl adjacent to an activating group) is 1. The van der Waals surface area contributed by atoms with Crippen LogP contribution in [0, 0.1) is 0 Å². The van der Waals surface area contributed by atoms with E-state index in [-0.39, 0.29) is 12.3 Å². The number of carbonyl (C=O) groups is 2. The molecule has 0 aliphatic carbocycles. The van der Waals surface area contributed by atoms with Crippen LogP contribution in [0.1, 0.15) is 15.9 Å². The maximum absolute atomic E-state index is 11.5. The maximum Gasteiger partial charge on any atom is 0.231 e. The summed E-state index contributed by atoms with van der Waals surface area (Å²) in [5.41, 5.74) is 2.12.